The van der Waals surface area contributed by atoms with Gasteiger partial charge in [-0.1, -0.05) is 40.2 Å². The van der Waals surface area contributed by atoms with Crippen LogP contribution in [0.25, 0.3) is 0 Å². The van der Waals surface area contributed by atoms with E-state index >= 15 is 0 Å². The van der Waals surface area contributed by atoms with Gasteiger partial charge in [-0.3, -0.25) is 9.59 Å². The molecule has 1 aliphatic rings. The molecule has 0 radical (unpaired) electrons. The molecule has 1 aliphatic heterocycles. The van der Waals surface area contributed by atoms with Crippen molar-refractivity contribution in [3.63, 3.8) is 0 Å². The predicted molar refractivity (Wildman–Crippen MR) is 120 cm³/mol. The van der Waals surface area contributed by atoms with E-state index in [1.165, 1.54) is 0 Å². The Morgan fingerprint density at radius 1 is 0.933 bits per heavy atom. The summed E-state index contributed by atoms with van der Waals surface area (Å²) in [6, 6.07) is 23.7. The van der Waals surface area contributed by atoms with Crippen LogP contribution in [0.5, 0.6) is 11.5 Å². The molecule has 3 aromatic carbocycles. The van der Waals surface area contributed by atoms with Gasteiger partial charge in [0.05, 0.1) is 0 Å². The Bertz CT molecular complexity index is 1050. The lowest BCUT2D eigenvalue weighted by Gasteiger charge is -2.39. The molecule has 0 N–H and O–H groups in total. The maximum atomic E-state index is 13.0. The van der Waals surface area contributed by atoms with Crippen molar-refractivity contribution in [1.29, 1.82) is 0 Å². The zero-order valence-corrected chi connectivity index (χ0v) is 18.1. The summed E-state index contributed by atoms with van der Waals surface area (Å²) in [6.45, 7) is 2.69. The number of para-hydroxylation sites is 1. The molecule has 5 nitrogen and oxygen atoms in total. The van der Waals surface area contributed by atoms with Crippen molar-refractivity contribution in [3.05, 3.63) is 88.9 Å². The number of rotatable bonds is 4. The van der Waals surface area contributed by atoms with Gasteiger partial charge in [0.25, 0.3) is 5.91 Å². The Labute approximate surface area is 184 Å². The molecule has 3 aromatic rings. The second kappa shape index (κ2) is 8.71. The molecule has 0 saturated carbocycles. The molecule has 1 fully saturated rings. The minimum atomic E-state index is -0.537. The Kier molecular flexibility index (Phi) is 5.86. The lowest BCUT2D eigenvalue weighted by atomic mass is 10.1. The van der Waals surface area contributed by atoms with Gasteiger partial charge in [-0.15, -0.1) is 0 Å². The van der Waals surface area contributed by atoms with E-state index in [0.29, 0.717) is 24.4 Å². The Balaban J connectivity index is 1.45. The largest absolute Gasteiger partial charge is 0.457 e. The molecule has 1 atom stereocenters. The average Bonchev–Trinajstić information content (AvgIpc) is 2.77. The van der Waals surface area contributed by atoms with Gasteiger partial charge >= 0.3 is 0 Å². The molecule has 30 heavy (non-hydrogen) atoms. The molecule has 0 spiro atoms. The lowest BCUT2D eigenvalue weighted by Crippen LogP contribution is -2.57. The number of ether oxygens (including phenoxy) is 1. The number of carbonyl (C=O) groups is 2. The van der Waals surface area contributed by atoms with Crippen LogP contribution in [0.1, 0.15) is 17.3 Å². The van der Waals surface area contributed by atoms with E-state index in [1.54, 1.807) is 28.9 Å². The topological polar surface area (TPSA) is 49.9 Å². The van der Waals surface area contributed by atoms with Gasteiger partial charge in [-0.05, 0) is 61.5 Å². The quantitative estimate of drug-likeness (QED) is 0.538. The summed E-state index contributed by atoms with van der Waals surface area (Å²) >= 11 is 3.39. The fourth-order valence-electron chi connectivity index (χ4n) is 3.51. The average molecular weight is 465 g/mol. The zero-order chi connectivity index (χ0) is 21.1. The fraction of sp³-hybridized carbons (Fsp3) is 0.167. The summed E-state index contributed by atoms with van der Waals surface area (Å²) in [5, 5.41) is 0. The van der Waals surface area contributed by atoms with E-state index < -0.39 is 6.04 Å². The van der Waals surface area contributed by atoms with E-state index in [1.807, 2.05) is 66.7 Å². The molecule has 1 heterocycles. The van der Waals surface area contributed by atoms with Gasteiger partial charge < -0.3 is 14.5 Å². The molecule has 0 aliphatic carbocycles. The van der Waals surface area contributed by atoms with Crippen LogP contribution in [-0.4, -0.2) is 35.8 Å². The third kappa shape index (κ3) is 4.24. The number of halogens is 1. The fourth-order valence-corrected chi connectivity index (χ4v) is 3.91. The third-order valence-electron chi connectivity index (χ3n) is 5.12. The van der Waals surface area contributed by atoms with Crippen LogP contribution >= 0.6 is 15.9 Å². The number of nitrogens with zero attached hydrogens (tertiary/aromatic N) is 2. The third-order valence-corrected chi connectivity index (χ3v) is 5.61. The number of piperazine rings is 1. The highest BCUT2D eigenvalue weighted by atomic mass is 79.9. The van der Waals surface area contributed by atoms with Crippen molar-refractivity contribution in [2.75, 3.05) is 18.0 Å². The number of hydrogen-bond donors (Lipinski definition) is 0. The summed E-state index contributed by atoms with van der Waals surface area (Å²) in [6.07, 6.45) is 0. The monoisotopic (exact) mass is 464 g/mol. The van der Waals surface area contributed by atoms with E-state index in [9.17, 15) is 9.59 Å². The molecular weight excluding hydrogens is 444 g/mol. The zero-order valence-electron chi connectivity index (χ0n) is 16.5. The molecular formula is C24H21BrN2O3. The van der Waals surface area contributed by atoms with Gasteiger partial charge in [0.2, 0.25) is 5.91 Å². The Morgan fingerprint density at radius 2 is 1.63 bits per heavy atom. The highest BCUT2D eigenvalue weighted by Gasteiger charge is 2.35. The van der Waals surface area contributed by atoms with E-state index in [0.717, 1.165) is 15.9 Å². The van der Waals surface area contributed by atoms with Crippen LogP contribution in [0.15, 0.2) is 83.3 Å². The highest BCUT2D eigenvalue weighted by molar-refractivity contribution is 9.10. The van der Waals surface area contributed by atoms with Crippen LogP contribution in [0.2, 0.25) is 0 Å². The van der Waals surface area contributed by atoms with Crippen molar-refractivity contribution < 1.29 is 14.3 Å². The molecule has 6 heteroatoms. The summed E-state index contributed by atoms with van der Waals surface area (Å²) in [7, 11) is 0. The summed E-state index contributed by atoms with van der Waals surface area (Å²) in [5.74, 6) is 1.23. The van der Waals surface area contributed by atoms with Crippen molar-refractivity contribution >= 4 is 33.4 Å². The van der Waals surface area contributed by atoms with Crippen molar-refractivity contribution in [3.8, 4) is 11.5 Å². The molecule has 0 aromatic heterocycles. The van der Waals surface area contributed by atoms with E-state index in [4.69, 9.17) is 4.74 Å². The minimum Gasteiger partial charge on any atom is -0.457 e. The number of hydrogen-bond acceptors (Lipinski definition) is 3. The first kappa shape index (κ1) is 20.2. The molecule has 0 bridgehead atoms. The predicted octanol–water partition coefficient (Wildman–Crippen LogP) is 5.12. The number of anilines is 1. The standard InChI is InChI=1S/C24H21BrN2O3/c1-17-23(28)27(15-14-26(17)24(29)18-6-5-7-19(25)16-18)20-10-12-22(13-11-20)30-21-8-3-2-4-9-21/h2-13,16-17H,14-15H2,1H3. The minimum absolute atomic E-state index is 0.0960. The van der Waals surface area contributed by atoms with Gasteiger partial charge in [-0.2, -0.15) is 0 Å². The van der Waals surface area contributed by atoms with Crippen molar-refractivity contribution in [2.45, 2.75) is 13.0 Å². The van der Waals surface area contributed by atoms with Crippen LogP contribution in [0.4, 0.5) is 5.69 Å². The molecule has 152 valence electrons. The van der Waals surface area contributed by atoms with Gasteiger partial charge in [0.15, 0.2) is 0 Å². The van der Waals surface area contributed by atoms with Crippen LogP contribution in [-0.2, 0) is 4.79 Å². The second-order valence-electron chi connectivity index (χ2n) is 7.08. The molecule has 2 amide bonds. The van der Waals surface area contributed by atoms with Crippen LogP contribution in [0, 0.1) is 0 Å². The molecule has 4 rings (SSSR count). The Morgan fingerprint density at radius 3 is 2.33 bits per heavy atom. The van der Waals surface area contributed by atoms with Gasteiger partial charge in [0, 0.05) is 28.8 Å². The molecule has 1 unspecified atom stereocenters. The number of amides is 2. The maximum Gasteiger partial charge on any atom is 0.254 e. The smallest absolute Gasteiger partial charge is 0.254 e. The summed E-state index contributed by atoms with van der Waals surface area (Å²) < 4.78 is 6.65. The van der Waals surface area contributed by atoms with Crippen LogP contribution in [0.3, 0.4) is 0 Å². The molecule has 1 saturated heterocycles. The highest BCUT2D eigenvalue weighted by Crippen LogP contribution is 2.27. The van der Waals surface area contributed by atoms with Crippen LogP contribution < -0.4 is 9.64 Å². The first-order valence-corrected chi connectivity index (χ1v) is 10.5. The lowest BCUT2D eigenvalue weighted by molar-refractivity contribution is -0.124. The first-order chi connectivity index (χ1) is 14.5. The van der Waals surface area contributed by atoms with Gasteiger partial charge in [-0.25, -0.2) is 0 Å². The maximum absolute atomic E-state index is 13.0. The normalized spacial score (nSPS) is 16.5. The van der Waals surface area contributed by atoms with E-state index in [-0.39, 0.29) is 11.8 Å². The summed E-state index contributed by atoms with van der Waals surface area (Å²) in [5.41, 5.74) is 1.36. The second-order valence-corrected chi connectivity index (χ2v) is 8.00. The summed E-state index contributed by atoms with van der Waals surface area (Å²) in [4.78, 5) is 29.2. The van der Waals surface area contributed by atoms with Crippen molar-refractivity contribution in [1.82, 2.24) is 4.90 Å². The Hall–Kier alpha value is -3.12. The first-order valence-electron chi connectivity index (χ1n) is 9.74. The number of carbonyl (C=O) groups excluding carboxylic acids is 2. The number of benzene rings is 3. The van der Waals surface area contributed by atoms with Gasteiger partial charge in [0.1, 0.15) is 17.5 Å². The SMILES string of the molecule is CC1C(=O)N(c2ccc(Oc3ccccc3)cc2)CCN1C(=O)c1cccc(Br)c1. The van der Waals surface area contributed by atoms with Crippen molar-refractivity contribution in [2.24, 2.45) is 0 Å². The van der Waals surface area contributed by atoms with E-state index in [2.05, 4.69) is 15.9 Å².